The summed E-state index contributed by atoms with van der Waals surface area (Å²) in [5.74, 6) is -4.25. The number of halogens is 3. The third-order valence-corrected chi connectivity index (χ3v) is 12.5. The zero-order valence-electron chi connectivity index (χ0n) is 38.7. The van der Waals surface area contributed by atoms with E-state index in [1.54, 1.807) is 68.1 Å². The molecule has 21 nitrogen and oxygen atoms in total. The van der Waals surface area contributed by atoms with E-state index in [1.165, 1.54) is 66.1 Å². The number of carbonyl (C=O) groups is 6. The lowest BCUT2D eigenvalue weighted by Gasteiger charge is -2.33. The van der Waals surface area contributed by atoms with Gasteiger partial charge in [-0.3, -0.25) is 18.5 Å². The van der Waals surface area contributed by atoms with Gasteiger partial charge < -0.3 is 29.0 Å². The van der Waals surface area contributed by atoms with Gasteiger partial charge in [0.15, 0.2) is 22.7 Å². The Morgan fingerprint density at radius 3 is 1.24 bits per heavy atom. The highest BCUT2D eigenvalue weighted by Gasteiger charge is 2.48. The number of nitrogens with zero attached hydrogens (tertiary/aromatic N) is 10. The largest absolute Gasteiger partial charge is 0.478 e. The number of rotatable bonds is 6. The second-order valence-electron chi connectivity index (χ2n) is 16.9. The quantitative estimate of drug-likeness (QED) is 0.149. The molecule has 3 aromatic carbocycles. The lowest BCUT2D eigenvalue weighted by atomic mass is 9.94. The maximum atomic E-state index is 12.6. The van der Waals surface area contributed by atoms with Gasteiger partial charge in [0.05, 0.1) is 55.9 Å². The molecule has 3 aliphatic rings. The maximum absolute atomic E-state index is 12.6. The number of carbonyl (C=O) groups excluding carboxylic acids is 5. The molecule has 1 amide bonds. The third-order valence-electron chi connectivity index (χ3n) is 11.6. The molecule has 3 aromatic heterocycles. The van der Waals surface area contributed by atoms with Gasteiger partial charge in [-0.25, -0.2) is 38.9 Å². The molecule has 6 heterocycles. The summed E-state index contributed by atoms with van der Waals surface area (Å²) in [6.07, 6.45) is 4.60. The molecule has 0 saturated heterocycles. The van der Waals surface area contributed by atoms with Crippen LogP contribution >= 0.6 is 34.8 Å². The monoisotopic (exact) mass is 1030 g/mol. The molecule has 6 aromatic rings. The van der Waals surface area contributed by atoms with Gasteiger partial charge in [0.1, 0.15) is 37.2 Å². The second-order valence-corrected chi connectivity index (χ2v) is 18.2. The molecule has 3 unspecified atom stereocenters. The van der Waals surface area contributed by atoms with Gasteiger partial charge in [-0.15, -0.1) is 0 Å². The predicted molar refractivity (Wildman–Crippen MR) is 251 cm³/mol. The summed E-state index contributed by atoms with van der Waals surface area (Å²) in [6, 6.07) is 20.1. The van der Waals surface area contributed by atoms with Crippen molar-refractivity contribution in [3.8, 4) is 35.3 Å². The van der Waals surface area contributed by atoms with Crippen molar-refractivity contribution in [2.45, 2.75) is 56.8 Å². The Labute approximate surface area is 423 Å². The molecular formula is C48H37Cl3N10O11. The summed E-state index contributed by atoms with van der Waals surface area (Å²) < 4.78 is 25.0. The average molecular weight is 1040 g/mol. The number of nitriles is 3. The number of hydrogen-bond acceptors (Lipinski definition) is 16. The highest BCUT2D eigenvalue weighted by atomic mass is 35.5. The highest BCUT2D eigenvalue weighted by Crippen LogP contribution is 2.34. The van der Waals surface area contributed by atoms with Crippen molar-refractivity contribution in [3.63, 3.8) is 0 Å². The van der Waals surface area contributed by atoms with Gasteiger partial charge in [0.2, 0.25) is 11.2 Å². The number of amides is 1. The predicted octanol–water partition coefficient (Wildman–Crippen LogP) is 5.95. The van der Waals surface area contributed by atoms with E-state index >= 15 is 0 Å². The van der Waals surface area contributed by atoms with Crippen LogP contribution in [0.1, 0.15) is 86.0 Å². The Balaban J connectivity index is 0.000000159. The number of benzene rings is 3. The van der Waals surface area contributed by atoms with Gasteiger partial charge in [-0.05, 0) is 75.4 Å². The molecule has 0 bridgehead atoms. The summed E-state index contributed by atoms with van der Waals surface area (Å²) in [6.45, 7) is 4.39. The topological polar surface area (TPSA) is 288 Å². The van der Waals surface area contributed by atoms with Crippen LogP contribution < -0.4 is 0 Å². The number of methoxy groups -OCH3 is 1. The van der Waals surface area contributed by atoms with Crippen molar-refractivity contribution in [1.29, 1.82) is 15.8 Å². The van der Waals surface area contributed by atoms with Gasteiger partial charge >= 0.3 is 29.8 Å². The fraction of sp³-hybridized carbons (Fsp3) is 0.250. The SMILES string of the molecule is CC1(C(=O)O)Cc2ncn(-c3ccc(C#N)c(Cl)c3)c2C(=O)O1.CN(C)C(=O)C1(C)Cc2ncn(-c3ccc(C#N)c(Cl)c3)c2C(=O)O1.COC(=O)C1(C)Cc2ncn(-c3ccc(C#N)c(Cl)c3)c2C(=O)O1. The zero-order valence-corrected chi connectivity index (χ0v) is 41.0. The van der Waals surface area contributed by atoms with E-state index in [2.05, 4.69) is 19.7 Å². The van der Waals surface area contributed by atoms with Crippen molar-refractivity contribution in [3.05, 3.63) is 140 Å². The summed E-state index contributed by atoms with van der Waals surface area (Å²) in [4.78, 5) is 86.6. The van der Waals surface area contributed by atoms with Crippen LogP contribution in [0.15, 0.2) is 73.6 Å². The average Bonchev–Trinajstić information content (AvgIpc) is 4.09. The summed E-state index contributed by atoms with van der Waals surface area (Å²) in [5, 5.41) is 36.8. The molecule has 0 saturated carbocycles. The van der Waals surface area contributed by atoms with Crippen molar-refractivity contribution in [2.75, 3.05) is 21.2 Å². The normalized spacial score (nSPS) is 19.2. The second kappa shape index (κ2) is 19.7. The van der Waals surface area contributed by atoms with Crippen LogP contribution in [-0.4, -0.2) is 112 Å². The number of imidazole rings is 3. The minimum absolute atomic E-state index is 0.0274. The molecule has 3 atom stereocenters. The number of likely N-dealkylation sites (N-methyl/N-ethyl adjacent to an activating group) is 1. The smallest absolute Gasteiger partial charge is 0.358 e. The van der Waals surface area contributed by atoms with E-state index in [9.17, 15) is 33.9 Å². The van der Waals surface area contributed by atoms with Gasteiger partial charge in [0, 0.05) is 50.4 Å². The summed E-state index contributed by atoms with van der Waals surface area (Å²) in [5.41, 5.74) is 0.210. The number of fused-ring (bicyclic) bond motifs is 3. The molecule has 3 aliphatic heterocycles. The van der Waals surface area contributed by atoms with Gasteiger partial charge in [-0.2, -0.15) is 15.8 Å². The van der Waals surface area contributed by atoms with E-state index in [-0.39, 0.29) is 57.3 Å². The van der Waals surface area contributed by atoms with Crippen molar-refractivity contribution in [1.82, 2.24) is 33.6 Å². The fourth-order valence-electron chi connectivity index (χ4n) is 7.88. The number of ether oxygens (including phenoxy) is 4. The number of aromatic nitrogens is 6. The fourth-order valence-corrected chi connectivity index (χ4v) is 8.53. The Morgan fingerprint density at radius 1 is 0.611 bits per heavy atom. The zero-order chi connectivity index (χ0) is 52.6. The Hall–Kier alpha value is -8.55. The van der Waals surface area contributed by atoms with E-state index in [4.69, 9.17) is 64.8 Å². The third kappa shape index (κ3) is 9.54. The first-order valence-corrected chi connectivity index (χ1v) is 22.2. The van der Waals surface area contributed by atoms with Crippen LogP contribution in [0, 0.1) is 34.0 Å². The van der Waals surface area contributed by atoms with Crippen LogP contribution in [0.3, 0.4) is 0 Å². The number of cyclic esters (lactones) is 3. The number of aliphatic carboxylic acids is 1. The van der Waals surface area contributed by atoms with Crippen molar-refractivity contribution >= 4 is 70.6 Å². The first-order chi connectivity index (χ1) is 34.0. The van der Waals surface area contributed by atoms with Crippen LogP contribution in [0.2, 0.25) is 15.1 Å². The standard InChI is InChI=1S/C17H15ClN4O3.C16H12ClN3O4.C15H10ClN3O4/c1-17(16(24)21(2)3)7-13-14(15(23)25-17)22(9-20-13)11-5-4-10(8-19)12(18)6-11;1-16(15(22)23-2)6-12-13(14(21)24-16)20(8-19-12)10-4-3-9(7-18)11(17)5-10;1-15(14(21)22)5-11-12(13(20)23-15)19(7-18-11)9-3-2-8(6-17)10(16)4-9/h4-6,9H,7H2,1-3H3;3-5,8H,6H2,1-2H3;2-4,7H,5H2,1H3,(H,21,22). The molecule has 0 aliphatic carbocycles. The summed E-state index contributed by atoms with van der Waals surface area (Å²) in [7, 11) is 4.44. The summed E-state index contributed by atoms with van der Waals surface area (Å²) >= 11 is 18.1. The molecule has 72 heavy (non-hydrogen) atoms. The number of hydrogen-bond donors (Lipinski definition) is 1. The number of carboxylic acid groups (broad SMARTS) is 1. The van der Waals surface area contributed by atoms with Crippen LogP contribution in [0.5, 0.6) is 0 Å². The Kier molecular flexibility index (Phi) is 14.0. The first-order valence-electron chi connectivity index (χ1n) is 21.0. The van der Waals surface area contributed by atoms with Crippen LogP contribution in [-0.2, 0) is 52.6 Å². The van der Waals surface area contributed by atoms with Crippen LogP contribution in [0.25, 0.3) is 17.1 Å². The lowest BCUT2D eigenvalue weighted by molar-refractivity contribution is -0.162. The molecule has 0 fully saturated rings. The minimum Gasteiger partial charge on any atom is -0.478 e. The van der Waals surface area contributed by atoms with Gasteiger partial charge in [0.25, 0.3) is 5.91 Å². The first kappa shape index (κ1) is 51.3. The molecule has 1 N–H and O–H groups in total. The number of esters is 4. The minimum atomic E-state index is -1.63. The molecule has 9 rings (SSSR count). The number of carboxylic acids is 1. The van der Waals surface area contributed by atoms with E-state index in [0.29, 0.717) is 50.8 Å². The molecule has 366 valence electrons. The van der Waals surface area contributed by atoms with Crippen LogP contribution in [0.4, 0.5) is 0 Å². The van der Waals surface area contributed by atoms with Gasteiger partial charge in [-0.1, -0.05) is 34.8 Å². The van der Waals surface area contributed by atoms with E-state index < -0.39 is 46.6 Å². The van der Waals surface area contributed by atoms with Crippen molar-refractivity contribution < 1.29 is 52.8 Å². The Bertz CT molecular complexity index is 3420. The maximum Gasteiger partial charge on any atom is 0.358 e. The molecule has 0 spiro atoms. The van der Waals surface area contributed by atoms with E-state index in [0.717, 1.165) is 0 Å². The molecular weight excluding hydrogens is 999 g/mol. The highest BCUT2D eigenvalue weighted by molar-refractivity contribution is 6.32. The molecule has 0 radical (unpaired) electrons. The Morgan fingerprint density at radius 2 is 0.931 bits per heavy atom. The lowest BCUT2D eigenvalue weighted by Crippen LogP contribution is -2.51. The van der Waals surface area contributed by atoms with E-state index in [1.807, 2.05) is 18.2 Å². The van der Waals surface area contributed by atoms with Crippen molar-refractivity contribution in [2.24, 2.45) is 0 Å². The molecule has 24 heteroatoms.